The summed E-state index contributed by atoms with van der Waals surface area (Å²) in [6.45, 7) is 3.35. The summed E-state index contributed by atoms with van der Waals surface area (Å²) in [5.41, 5.74) is 2.10. The Morgan fingerprint density at radius 3 is 2.90 bits per heavy atom. The lowest BCUT2D eigenvalue weighted by atomic mass is 10.1. The summed E-state index contributed by atoms with van der Waals surface area (Å²) in [6.07, 6.45) is 1.50. The quantitative estimate of drug-likeness (QED) is 0.478. The van der Waals surface area contributed by atoms with Crippen LogP contribution in [0.2, 0.25) is 0 Å². The molecule has 1 atom stereocenters. The summed E-state index contributed by atoms with van der Waals surface area (Å²) in [7, 11) is 1.78. The summed E-state index contributed by atoms with van der Waals surface area (Å²) < 4.78 is 13.6. The molecule has 1 aliphatic heterocycles. The molecule has 0 N–H and O–H groups in total. The molecule has 1 amide bonds. The van der Waals surface area contributed by atoms with Crippen molar-refractivity contribution in [2.45, 2.75) is 19.6 Å². The summed E-state index contributed by atoms with van der Waals surface area (Å²) >= 11 is 1.67. The van der Waals surface area contributed by atoms with E-state index < -0.39 is 0 Å². The van der Waals surface area contributed by atoms with E-state index in [2.05, 4.69) is 16.1 Å². The van der Waals surface area contributed by atoms with Gasteiger partial charge in [0.25, 0.3) is 5.91 Å². The van der Waals surface area contributed by atoms with Crippen molar-refractivity contribution in [3.05, 3.63) is 70.2 Å². The topological polar surface area (TPSA) is 69.5 Å². The van der Waals surface area contributed by atoms with Crippen molar-refractivity contribution in [3.63, 3.8) is 0 Å². The van der Waals surface area contributed by atoms with E-state index in [-0.39, 0.29) is 12.0 Å². The maximum atomic E-state index is 13.3. The van der Waals surface area contributed by atoms with Crippen molar-refractivity contribution in [2.75, 3.05) is 20.2 Å². The lowest BCUT2D eigenvalue weighted by Gasteiger charge is -2.29. The maximum Gasteiger partial charge on any atom is 0.254 e. The number of ether oxygens (including phenoxy) is 2. The third kappa shape index (κ3) is 3.86. The average molecular weight is 435 g/mol. The Bertz CT molecular complexity index is 1240. The lowest BCUT2D eigenvalue weighted by molar-refractivity contribution is 0.0522. The van der Waals surface area contributed by atoms with Gasteiger partial charge < -0.3 is 14.4 Å². The number of fused-ring (bicyclic) bond motifs is 2. The lowest BCUT2D eigenvalue weighted by Crippen LogP contribution is -2.41. The Balaban J connectivity index is 1.37. The number of benzene rings is 1. The normalized spacial score (nSPS) is 15.2. The summed E-state index contributed by atoms with van der Waals surface area (Å²) in [5, 5.41) is 7.30. The maximum absolute atomic E-state index is 13.3. The number of hydrogen-bond acceptors (Lipinski definition) is 6. The van der Waals surface area contributed by atoms with Crippen LogP contribution in [-0.2, 0) is 6.54 Å². The number of aromatic nitrogens is 3. The van der Waals surface area contributed by atoms with Crippen molar-refractivity contribution in [3.8, 4) is 11.5 Å². The molecule has 158 valence electrons. The molecule has 0 unspecified atom stereocenters. The van der Waals surface area contributed by atoms with Crippen LogP contribution < -0.4 is 9.47 Å². The number of nitrogens with zero attached hydrogens (tertiary/aromatic N) is 4. The molecule has 8 heteroatoms. The number of hydrogen-bond donors (Lipinski definition) is 0. The van der Waals surface area contributed by atoms with Gasteiger partial charge in [0.05, 0.1) is 30.2 Å². The molecule has 0 bridgehead atoms. The molecule has 0 spiro atoms. The third-order valence-corrected chi connectivity index (χ3v) is 6.11. The number of carbonyl (C=O) groups is 1. The number of amides is 1. The first-order valence-corrected chi connectivity index (χ1v) is 11.0. The van der Waals surface area contributed by atoms with Crippen LogP contribution in [0.25, 0.3) is 11.0 Å². The molecule has 31 heavy (non-hydrogen) atoms. The molecule has 0 saturated carbocycles. The van der Waals surface area contributed by atoms with Gasteiger partial charge in [-0.3, -0.25) is 4.79 Å². The Morgan fingerprint density at radius 2 is 2.10 bits per heavy atom. The molecule has 1 aliphatic rings. The van der Waals surface area contributed by atoms with Gasteiger partial charge in [0.2, 0.25) is 0 Å². The highest BCUT2D eigenvalue weighted by atomic mass is 32.1. The van der Waals surface area contributed by atoms with Crippen molar-refractivity contribution in [2.24, 2.45) is 0 Å². The van der Waals surface area contributed by atoms with E-state index in [0.717, 1.165) is 22.5 Å². The molecular formula is C23H22N4O3S. The zero-order valence-electron chi connectivity index (χ0n) is 17.3. The Kier molecular flexibility index (Phi) is 5.07. The zero-order valence-corrected chi connectivity index (χ0v) is 18.1. The minimum atomic E-state index is -0.233. The Labute approximate surface area is 183 Å². The third-order valence-electron chi connectivity index (χ3n) is 5.25. The van der Waals surface area contributed by atoms with Crippen LogP contribution in [0.5, 0.6) is 11.5 Å². The van der Waals surface area contributed by atoms with Crippen LogP contribution in [0.4, 0.5) is 0 Å². The average Bonchev–Trinajstić information content (AvgIpc) is 3.43. The molecule has 7 nitrogen and oxygen atoms in total. The van der Waals surface area contributed by atoms with Crippen molar-refractivity contribution in [1.82, 2.24) is 19.7 Å². The van der Waals surface area contributed by atoms with E-state index in [4.69, 9.17) is 9.47 Å². The van der Waals surface area contributed by atoms with Gasteiger partial charge in [0, 0.05) is 17.6 Å². The minimum absolute atomic E-state index is 0.0892. The van der Waals surface area contributed by atoms with Crippen molar-refractivity contribution in [1.29, 1.82) is 0 Å². The van der Waals surface area contributed by atoms with Gasteiger partial charge in [-0.1, -0.05) is 18.2 Å². The van der Waals surface area contributed by atoms with Gasteiger partial charge in [-0.2, -0.15) is 5.10 Å². The van der Waals surface area contributed by atoms with E-state index in [1.165, 1.54) is 4.88 Å². The van der Waals surface area contributed by atoms with Gasteiger partial charge in [-0.05, 0) is 36.6 Å². The highest BCUT2D eigenvalue weighted by molar-refractivity contribution is 7.09. The zero-order chi connectivity index (χ0) is 21.4. The fraction of sp³-hybridized carbons (Fsp3) is 0.261. The summed E-state index contributed by atoms with van der Waals surface area (Å²) in [6, 6.07) is 13.5. The standard InChI is InChI=1S/C23H22N4O3S/c1-15-10-18(19-11-24-27(22(19)25-15)13-17-6-5-9-31-17)23(28)26(2)12-16-14-29-20-7-3-4-8-21(20)30-16/h3-11,16H,12-14H2,1-2H3/t16-/m1/s1. The highest BCUT2D eigenvalue weighted by Gasteiger charge is 2.25. The molecule has 5 rings (SSSR count). The first kappa shape index (κ1) is 19.6. The number of thiophene rings is 1. The molecule has 0 aliphatic carbocycles. The van der Waals surface area contributed by atoms with Gasteiger partial charge >= 0.3 is 0 Å². The molecular weight excluding hydrogens is 412 g/mol. The van der Waals surface area contributed by atoms with Crippen LogP contribution in [0.15, 0.2) is 54.0 Å². The molecule has 1 aromatic carbocycles. The molecule has 3 aromatic heterocycles. The SMILES string of the molecule is Cc1cc(C(=O)N(C)C[C@@H]2COc3ccccc3O2)c2cnn(Cc3cccs3)c2n1. The Morgan fingerprint density at radius 1 is 1.26 bits per heavy atom. The second kappa shape index (κ2) is 8.03. The summed E-state index contributed by atoms with van der Waals surface area (Å²) in [5.74, 6) is 1.35. The smallest absolute Gasteiger partial charge is 0.254 e. The first-order valence-electron chi connectivity index (χ1n) is 10.1. The summed E-state index contributed by atoms with van der Waals surface area (Å²) in [4.78, 5) is 20.8. The van der Waals surface area contributed by atoms with Crippen LogP contribution in [-0.4, -0.2) is 51.9 Å². The van der Waals surface area contributed by atoms with Gasteiger partial charge in [0.1, 0.15) is 6.61 Å². The number of likely N-dealkylation sites (N-methyl/N-ethyl adjacent to an activating group) is 1. The van der Waals surface area contributed by atoms with E-state index >= 15 is 0 Å². The van der Waals surface area contributed by atoms with E-state index in [9.17, 15) is 4.79 Å². The van der Waals surface area contributed by atoms with E-state index in [1.54, 1.807) is 29.5 Å². The Hall–Kier alpha value is -3.39. The van der Waals surface area contributed by atoms with Crippen LogP contribution in [0, 0.1) is 6.92 Å². The predicted octanol–water partition coefficient (Wildman–Crippen LogP) is 3.76. The number of aryl methyl sites for hydroxylation is 1. The number of para-hydroxylation sites is 2. The van der Waals surface area contributed by atoms with Crippen molar-refractivity contribution >= 4 is 28.3 Å². The molecule has 0 saturated heterocycles. The molecule has 4 aromatic rings. The van der Waals surface area contributed by atoms with Crippen LogP contribution in [0.3, 0.4) is 0 Å². The van der Waals surface area contributed by atoms with Gasteiger partial charge in [0.15, 0.2) is 23.3 Å². The van der Waals surface area contributed by atoms with E-state index in [0.29, 0.717) is 31.0 Å². The molecule has 0 fully saturated rings. The largest absolute Gasteiger partial charge is 0.486 e. The predicted molar refractivity (Wildman–Crippen MR) is 119 cm³/mol. The van der Waals surface area contributed by atoms with Gasteiger partial charge in [-0.15, -0.1) is 11.3 Å². The van der Waals surface area contributed by atoms with E-state index in [1.807, 2.05) is 53.4 Å². The monoisotopic (exact) mass is 434 g/mol. The minimum Gasteiger partial charge on any atom is -0.486 e. The highest BCUT2D eigenvalue weighted by Crippen LogP contribution is 2.31. The van der Waals surface area contributed by atoms with Crippen LogP contribution in [0.1, 0.15) is 20.9 Å². The number of carbonyl (C=O) groups excluding carboxylic acids is 1. The second-order valence-corrected chi connectivity index (χ2v) is 8.65. The molecule has 0 radical (unpaired) electrons. The fourth-order valence-electron chi connectivity index (χ4n) is 3.76. The first-order chi connectivity index (χ1) is 15.1. The fourth-order valence-corrected chi connectivity index (χ4v) is 4.45. The molecule has 4 heterocycles. The number of rotatable bonds is 5. The van der Waals surface area contributed by atoms with Gasteiger partial charge in [-0.25, -0.2) is 9.67 Å². The van der Waals surface area contributed by atoms with Crippen LogP contribution >= 0.6 is 11.3 Å². The number of pyridine rings is 1. The second-order valence-electron chi connectivity index (χ2n) is 7.61. The van der Waals surface area contributed by atoms with Crippen molar-refractivity contribution < 1.29 is 14.3 Å².